The van der Waals surface area contributed by atoms with Crippen LogP contribution in [0, 0.1) is 5.92 Å². The summed E-state index contributed by atoms with van der Waals surface area (Å²) in [7, 11) is 0. The lowest BCUT2D eigenvalue weighted by molar-refractivity contribution is -0.117. The molecule has 0 spiro atoms. The zero-order valence-electron chi connectivity index (χ0n) is 9.44. The molecule has 1 heteroatoms. The molecule has 0 saturated heterocycles. The van der Waals surface area contributed by atoms with E-state index in [0.29, 0.717) is 5.78 Å². The number of rotatable bonds is 3. The fourth-order valence-electron chi connectivity index (χ4n) is 1.88. The van der Waals surface area contributed by atoms with E-state index < -0.39 is 0 Å². The Morgan fingerprint density at radius 2 is 1.69 bits per heavy atom. The molecule has 0 heterocycles. The molecule has 1 nitrogen and oxygen atoms in total. The lowest BCUT2D eigenvalue weighted by Gasteiger charge is -2.20. The summed E-state index contributed by atoms with van der Waals surface area (Å²) in [4.78, 5) is 10.7. The van der Waals surface area contributed by atoms with Gasteiger partial charge in [-0.25, -0.2) is 0 Å². The second-order valence-corrected chi connectivity index (χ2v) is 3.74. The van der Waals surface area contributed by atoms with E-state index in [1.165, 1.54) is 32.1 Å². The zero-order chi connectivity index (χ0) is 10.1. The van der Waals surface area contributed by atoms with Crippen LogP contribution < -0.4 is 0 Å². The van der Waals surface area contributed by atoms with Crippen molar-refractivity contribution in [2.24, 2.45) is 5.92 Å². The molecule has 1 aliphatic rings. The molecule has 1 fully saturated rings. The van der Waals surface area contributed by atoms with Crippen LogP contribution in [0.25, 0.3) is 0 Å². The SMILES string of the molecule is CC.CC(=O)CCC1CCCCC1. The molecule has 78 valence electrons. The first kappa shape index (κ1) is 12.7. The van der Waals surface area contributed by atoms with Gasteiger partial charge in [-0.3, -0.25) is 0 Å². The van der Waals surface area contributed by atoms with Crippen molar-refractivity contribution in [2.75, 3.05) is 0 Å². The van der Waals surface area contributed by atoms with E-state index >= 15 is 0 Å². The normalized spacial score (nSPS) is 17.5. The second kappa shape index (κ2) is 8.28. The van der Waals surface area contributed by atoms with Crippen molar-refractivity contribution in [3.05, 3.63) is 0 Å². The van der Waals surface area contributed by atoms with Gasteiger partial charge in [0.1, 0.15) is 5.78 Å². The maximum Gasteiger partial charge on any atom is 0.129 e. The van der Waals surface area contributed by atoms with Crippen LogP contribution in [0.15, 0.2) is 0 Å². The fraction of sp³-hybridized carbons (Fsp3) is 0.917. The Labute approximate surface area is 82.9 Å². The first-order valence-corrected chi connectivity index (χ1v) is 5.78. The second-order valence-electron chi connectivity index (χ2n) is 3.74. The van der Waals surface area contributed by atoms with Crippen LogP contribution in [-0.2, 0) is 4.79 Å². The summed E-state index contributed by atoms with van der Waals surface area (Å²) in [5.41, 5.74) is 0. The van der Waals surface area contributed by atoms with Crippen LogP contribution in [0.5, 0.6) is 0 Å². The van der Waals surface area contributed by atoms with Gasteiger partial charge in [0.05, 0.1) is 0 Å². The van der Waals surface area contributed by atoms with E-state index in [-0.39, 0.29) is 0 Å². The molecule has 0 bridgehead atoms. The Morgan fingerprint density at radius 1 is 1.15 bits per heavy atom. The van der Waals surface area contributed by atoms with E-state index in [0.717, 1.165) is 18.8 Å². The summed E-state index contributed by atoms with van der Waals surface area (Å²) in [6.45, 7) is 5.70. The molecule has 1 saturated carbocycles. The summed E-state index contributed by atoms with van der Waals surface area (Å²) in [5.74, 6) is 1.23. The number of carbonyl (C=O) groups is 1. The Balaban J connectivity index is 0.000000671. The van der Waals surface area contributed by atoms with Crippen LogP contribution in [0.1, 0.15) is 65.7 Å². The van der Waals surface area contributed by atoms with Crippen LogP contribution in [-0.4, -0.2) is 5.78 Å². The molecule has 0 amide bonds. The van der Waals surface area contributed by atoms with Crippen LogP contribution in [0.3, 0.4) is 0 Å². The first-order chi connectivity index (χ1) is 6.29. The van der Waals surface area contributed by atoms with Gasteiger partial charge in [-0.15, -0.1) is 0 Å². The van der Waals surface area contributed by atoms with Gasteiger partial charge in [-0.05, 0) is 19.3 Å². The molecule has 1 aliphatic carbocycles. The highest BCUT2D eigenvalue weighted by Crippen LogP contribution is 2.27. The molecule has 0 aromatic carbocycles. The highest BCUT2D eigenvalue weighted by molar-refractivity contribution is 5.75. The molecule has 0 atom stereocenters. The molecule has 13 heavy (non-hydrogen) atoms. The van der Waals surface area contributed by atoms with E-state index in [1.54, 1.807) is 6.92 Å². The van der Waals surface area contributed by atoms with Gasteiger partial charge in [0.15, 0.2) is 0 Å². The predicted molar refractivity (Wildman–Crippen MR) is 57.8 cm³/mol. The van der Waals surface area contributed by atoms with Gasteiger partial charge in [0.25, 0.3) is 0 Å². The third-order valence-electron chi connectivity index (χ3n) is 2.63. The summed E-state index contributed by atoms with van der Waals surface area (Å²) < 4.78 is 0. The van der Waals surface area contributed by atoms with E-state index in [2.05, 4.69) is 0 Å². The molecule has 0 aromatic heterocycles. The topological polar surface area (TPSA) is 17.1 Å². The van der Waals surface area contributed by atoms with Gasteiger partial charge in [0.2, 0.25) is 0 Å². The summed E-state index contributed by atoms with van der Waals surface area (Å²) in [5, 5.41) is 0. The molecular weight excluding hydrogens is 160 g/mol. The van der Waals surface area contributed by atoms with Crippen molar-refractivity contribution in [1.29, 1.82) is 0 Å². The van der Waals surface area contributed by atoms with E-state index in [4.69, 9.17) is 0 Å². The number of carbonyl (C=O) groups excluding carboxylic acids is 1. The lowest BCUT2D eigenvalue weighted by Crippen LogP contribution is -2.07. The Bertz CT molecular complexity index is 123. The average molecular weight is 184 g/mol. The number of ketones is 1. The van der Waals surface area contributed by atoms with Crippen molar-refractivity contribution in [1.82, 2.24) is 0 Å². The summed E-state index contributed by atoms with van der Waals surface area (Å²) >= 11 is 0. The molecule has 1 rings (SSSR count). The highest BCUT2D eigenvalue weighted by Gasteiger charge is 2.13. The van der Waals surface area contributed by atoms with Crippen molar-refractivity contribution in [3.8, 4) is 0 Å². The zero-order valence-corrected chi connectivity index (χ0v) is 9.44. The van der Waals surface area contributed by atoms with Gasteiger partial charge in [-0.2, -0.15) is 0 Å². The van der Waals surface area contributed by atoms with E-state index in [1.807, 2.05) is 13.8 Å². The average Bonchev–Trinajstić information content (AvgIpc) is 2.19. The fourth-order valence-corrected chi connectivity index (χ4v) is 1.88. The minimum atomic E-state index is 0.357. The Hall–Kier alpha value is -0.330. The quantitative estimate of drug-likeness (QED) is 0.648. The number of hydrogen-bond acceptors (Lipinski definition) is 1. The van der Waals surface area contributed by atoms with Crippen molar-refractivity contribution in [3.63, 3.8) is 0 Å². The van der Waals surface area contributed by atoms with Crippen molar-refractivity contribution in [2.45, 2.75) is 65.7 Å². The number of hydrogen-bond donors (Lipinski definition) is 0. The summed E-state index contributed by atoms with van der Waals surface area (Å²) in [6, 6.07) is 0. The lowest BCUT2D eigenvalue weighted by atomic mass is 9.86. The van der Waals surface area contributed by atoms with Crippen molar-refractivity contribution < 1.29 is 4.79 Å². The van der Waals surface area contributed by atoms with Crippen LogP contribution in [0.2, 0.25) is 0 Å². The minimum Gasteiger partial charge on any atom is -0.300 e. The molecule has 0 radical (unpaired) electrons. The molecule has 0 aromatic rings. The monoisotopic (exact) mass is 184 g/mol. The summed E-state index contributed by atoms with van der Waals surface area (Å²) in [6.07, 6.45) is 8.89. The predicted octanol–water partition coefficient (Wildman–Crippen LogP) is 3.96. The Kier molecular flexibility index (Phi) is 8.07. The molecule has 0 N–H and O–H groups in total. The largest absolute Gasteiger partial charge is 0.300 e. The molecule has 0 aliphatic heterocycles. The highest BCUT2D eigenvalue weighted by atomic mass is 16.1. The van der Waals surface area contributed by atoms with Crippen LogP contribution >= 0.6 is 0 Å². The molecule has 0 unspecified atom stereocenters. The smallest absolute Gasteiger partial charge is 0.129 e. The maximum absolute atomic E-state index is 10.7. The van der Waals surface area contributed by atoms with E-state index in [9.17, 15) is 4.79 Å². The third kappa shape index (κ3) is 6.80. The molecular formula is C12H24O. The number of Topliss-reactive ketones (excluding diaryl/α,β-unsaturated/α-hetero) is 1. The Morgan fingerprint density at radius 3 is 2.15 bits per heavy atom. The van der Waals surface area contributed by atoms with Crippen molar-refractivity contribution >= 4 is 5.78 Å². The van der Waals surface area contributed by atoms with Gasteiger partial charge in [0, 0.05) is 6.42 Å². The maximum atomic E-state index is 10.7. The van der Waals surface area contributed by atoms with Gasteiger partial charge < -0.3 is 4.79 Å². The van der Waals surface area contributed by atoms with Gasteiger partial charge >= 0.3 is 0 Å². The van der Waals surface area contributed by atoms with Gasteiger partial charge in [-0.1, -0.05) is 46.0 Å². The first-order valence-electron chi connectivity index (χ1n) is 5.78. The standard InChI is InChI=1S/C10H18O.C2H6/c1-9(11)7-8-10-5-3-2-4-6-10;1-2/h10H,2-8H2,1H3;1-2H3. The third-order valence-corrected chi connectivity index (χ3v) is 2.63. The van der Waals surface area contributed by atoms with Crippen LogP contribution in [0.4, 0.5) is 0 Å². The minimum absolute atomic E-state index is 0.357.